The summed E-state index contributed by atoms with van der Waals surface area (Å²) in [6.07, 6.45) is 13.3. The Kier molecular flexibility index (Phi) is 11.1. The Labute approximate surface area is 237 Å². The fourth-order valence-corrected chi connectivity index (χ4v) is 5.92. The number of hydrogen-bond acceptors (Lipinski definition) is 1. The molecule has 0 radical (unpaired) electrons. The maximum absolute atomic E-state index is 15.3. The summed E-state index contributed by atoms with van der Waals surface area (Å²) in [5.41, 5.74) is 1.65. The van der Waals surface area contributed by atoms with Crippen molar-refractivity contribution < 1.29 is 22.3 Å². The van der Waals surface area contributed by atoms with Crippen LogP contribution in [0.5, 0.6) is 5.75 Å². The van der Waals surface area contributed by atoms with Gasteiger partial charge in [-0.05, 0) is 72.8 Å². The van der Waals surface area contributed by atoms with E-state index in [1.165, 1.54) is 50.7 Å². The maximum Gasteiger partial charge on any atom is 0.201 e. The zero-order valence-corrected chi connectivity index (χ0v) is 23.9. The summed E-state index contributed by atoms with van der Waals surface area (Å²) in [5, 5.41) is 0. The molecule has 0 saturated heterocycles. The number of halogens is 4. The lowest BCUT2D eigenvalue weighted by molar-refractivity contribution is 0.289. The summed E-state index contributed by atoms with van der Waals surface area (Å²) in [5.74, 6) is -3.00. The molecule has 3 aromatic rings. The first-order valence-corrected chi connectivity index (χ1v) is 15.1. The van der Waals surface area contributed by atoms with E-state index < -0.39 is 23.3 Å². The third-order valence-electron chi connectivity index (χ3n) is 8.42. The van der Waals surface area contributed by atoms with E-state index in [1.54, 1.807) is 36.4 Å². The number of hydrogen-bond donors (Lipinski definition) is 0. The highest BCUT2D eigenvalue weighted by Gasteiger charge is 2.26. The van der Waals surface area contributed by atoms with E-state index >= 15 is 8.78 Å². The van der Waals surface area contributed by atoms with Crippen molar-refractivity contribution in [1.29, 1.82) is 0 Å². The molecule has 216 valence electrons. The lowest BCUT2D eigenvalue weighted by Crippen LogP contribution is -2.15. The van der Waals surface area contributed by atoms with E-state index in [-0.39, 0.29) is 22.8 Å². The molecule has 3 aromatic carbocycles. The lowest BCUT2D eigenvalue weighted by Gasteiger charge is -2.29. The molecular weight excluding hydrogens is 512 g/mol. The Bertz CT molecular complexity index is 1230. The van der Waals surface area contributed by atoms with Crippen LogP contribution >= 0.6 is 0 Å². The first kappa shape index (κ1) is 30.1. The second kappa shape index (κ2) is 14.7. The average molecular weight is 555 g/mol. The van der Waals surface area contributed by atoms with E-state index in [0.29, 0.717) is 29.2 Å². The molecule has 1 aliphatic carbocycles. The quantitative estimate of drug-likeness (QED) is 0.151. The van der Waals surface area contributed by atoms with Crippen LogP contribution in [0.15, 0.2) is 48.5 Å². The van der Waals surface area contributed by atoms with Gasteiger partial charge in [0.15, 0.2) is 23.2 Å². The van der Waals surface area contributed by atoms with Crippen LogP contribution < -0.4 is 4.74 Å². The third-order valence-corrected chi connectivity index (χ3v) is 8.42. The van der Waals surface area contributed by atoms with Gasteiger partial charge in [0, 0.05) is 11.1 Å². The molecule has 1 nitrogen and oxygen atoms in total. The molecule has 1 fully saturated rings. The van der Waals surface area contributed by atoms with Crippen molar-refractivity contribution in [3.63, 3.8) is 0 Å². The molecule has 1 saturated carbocycles. The van der Waals surface area contributed by atoms with Crippen molar-refractivity contribution in [3.05, 3.63) is 77.4 Å². The molecule has 0 heterocycles. The van der Waals surface area contributed by atoms with Gasteiger partial charge in [-0.15, -0.1) is 0 Å². The molecule has 0 spiro atoms. The zero-order valence-electron chi connectivity index (χ0n) is 23.9. The van der Waals surface area contributed by atoms with Gasteiger partial charge >= 0.3 is 0 Å². The second-order valence-electron chi connectivity index (χ2n) is 11.3. The number of benzene rings is 3. The van der Waals surface area contributed by atoms with Gasteiger partial charge in [0.2, 0.25) is 5.82 Å². The SMILES string of the molecule is CCCCCCCC1CCC(c2ccc(-c3ccc(-c4ccc(OCCCC)c(F)c4F)cc3)c(F)c2F)CC1. The third kappa shape index (κ3) is 7.27. The minimum atomic E-state index is -1.03. The van der Waals surface area contributed by atoms with Crippen molar-refractivity contribution in [1.82, 2.24) is 0 Å². The molecule has 4 rings (SSSR count). The van der Waals surface area contributed by atoms with Crippen molar-refractivity contribution in [2.24, 2.45) is 5.92 Å². The largest absolute Gasteiger partial charge is 0.490 e. The summed E-state index contributed by atoms with van der Waals surface area (Å²) in [6, 6.07) is 12.7. The lowest BCUT2D eigenvalue weighted by atomic mass is 9.76. The van der Waals surface area contributed by atoms with E-state index in [2.05, 4.69) is 6.92 Å². The van der Waals surface area contributed by atoms with Crippen LogP contribution in [0.3, 0.4) is 0 Å². The average Bonchev–Trinajstić information content (AvgIpc) is 2.97. The fourth-order valence-electron chi connectivity index (χ4n) is 5.92. The highest BCUT2D eigenvalue weighted by atomic mass is 19.2. The minimum Gasteiger partial charge on any atom is -0.490 e. The van der Waals surface area contributed by atoms with Gasteiger partial charge in [0.05, 0.1) is 6.61 Å². The Morgan fingerprint density at radius 3 is 1.80 bits per heavy atom. The van der Waals surface area contributed by atoms with Crippen molar-refractivity contribution in [2.45, 2.75) is 96.8 Å². The molecule has 0 unspecified atom stereocenters. The van der Waals surface area contributed by atoms with Gasteiger partial charge in [-0.25, -0.2) is 13.2 Å². The van der Waals surface area contributed by atoms with Crippen LogP contribution in [0, 0.1) is 29.2 Å². The first-order valence-electron chi connectivity index (χ1n) is 15.1. The smallest absolute Gasteiger partial charge is 0.201 e. The van der Waals surface area contributed by atoms with Gasteiger partial charge in [0.25, 0.3) is 0 Å². The Morgan fingerprint density at radius 1 is 0.600 bits per heavy atom. The van der Waals surface area contributed by atoms with Crippen LogP contribution in [-0.2, 0) is 0 Å². The molecule has 0 N–H and O–H groups in total. The van der Waals surface area contributed by atoms with Gasteiger partial charge in [-0.2, -0.15) is 4.39 Å². The standard InChI is InChI=1S/C35H42F4O/c1-3-5-7-8-9-10-24-11-13-25(14-12-24)28-19-20-29(33(37)32(28)36)26-15-17-27(18-16-26)30-21-22-31(35(39)34(30)38)40-23-6-4-2/h15-22,24-25H,3-14,23H2,1-2H3. The zero-order chi connectivity index (χ0) is 28.5. The van der Waals surface area contributed by atoms with Crippen molar-refractivity contribution in [3.8, 4) is 28.0 Å². The molecule has 0 atom stereocenters. The molecule has 0 amide bonds. The first-order chi connectivity index (χ1) is 19.4. The van der Waals surface area contributed by atoms with Gasteiger partial charge in [-0.3, -0.25) is 0 Å². The predicted molar refractivity (Wildman–Crippen MR) is 156 cm³/mol. The van der Waals surface area contributed by atoms with E-state index in [9.17, 15) is 8.78 Å². The predicted octanol–water partition coefficient (Wildman–Crippen LogP) is 11.4. The summed E-state index contributed by atoms with van der Waals surface area (Å²) >= 11 is 0. The second-order valence-corrected chi connectivity index (χ2v) is 11.3. The van der Waals surface area contributed by atoms with Crippen LogP contribution in [0.1, 0.15) is 102 Å². The monoisotopic (exact) mass is 554 g/mol. The van der Waals surface area contributed by atoms with Crippen LogP contribution in [0.2, 0.25) is 0 Å². The van der Waals surface area contributed by atoms with Crippen LogP contribution in [0.4, 0.5) is 17.6 Å². The summed E-state index contributed by atoms with van der Waals surface area (Å²) < 4.78 is 65.2. The van der Waals surface area contributed by atoms with Crippen molar-refractivity contribution >= 4 is 0 Å². The number of unbranched alkanes of at least 4 members (excludes halogenated alkanes) is 5. The normalized spacial score (nSPS) is 17.2. The highest BCUT2D eigenvalue weighted by Crippen LogP contribution is 2.40. The van der Waals surface area contributed by atoms with Crippen LogP contribution in [-0.4, -0.2) is 6.61 Å². The molecule has 0 aromatic heterocycles. The molecule has 0 aliphatic heterocycles. The van der Waals surface area contributed by atoms with Gasteiger partial charge < -0.3 is 4.74 Å². The molecule has 5 heteroatoms. The van der Waals surface area contributed by atoms with E-state index in [0.717, 1.165) is 38.5 Å². The van der Waals surface area contributed by atoms with Gasteiger partial charge in [-0.1, -0.05) is 95.2 Å². The van der Waals surface area contributed by atoms with Gasteiger partial charge in [0.1, 0.15) is 0 Å². The topological polar surface area (TPSA) is 9.23 Å². The summed E-state index contributed by atoms with van der Waals surface area (Å²) in [7, 11) is 0. The van der Waals surface area contributed by atoms with Crippen molar-refractivity contribution in [2.75, 3.05) is 6.61 Å². The Morgan fingerprint density at radius 2 is 1.18 bits per heavy atom. The summed E-state index contributed by atoms with van der Waals surface area (Å²) in [6.45, 7) is 4.54. The Balaban J connectivity index is 1.41. The van der Waals surface area contributed by atoms with E-state index in [1.807, 2.05) is 6.92 Å². The fraction of sp³-hybridized carbons (Fsp3) is 0.486. The van der Waals surface area contributed by atoms with Crippen LogP contribution in [0.25, 0.3) is 22.3 Å². The highest BCUT2D eigenvalue weighted by molar-refractivity contribution is 5.72. The molecule has 1 aliphatic rings. The molecule has 0 bridgehead atoms. The number of rotatable bonds is 13. The summed E-state index contributed by atoms with van der Waals surface area (Å²) in [4.78, 5) is 0. The van der Waals surface area contributed by atoms with E-state index in [4.69, 9.17) is 4.74 Å². The minimum absolute atomic E-state index is 0.0501. The Hall–Kier alpha value is -2.82. The number of ether oxygens (including phenoxy) is 1. The molecule has 40 heavy (non-hydrogen) atoms. The molecular formula is C35H42F4O. The maximum atomic E-state index is 15.3.